The van der Waals surface area contributed by atoms with Crippen LogP contribution in [0.25, 0.3) is 6.08 Å². The lowest BCUT2D eigenvalue weighted by atomic mass is 10.2. The third-order valence-corrected chi connectivity index (χ3v) is 1.36. The average Bonchev–Trinajstić information content (AvgIpc) is 1.94. The minimum Gasteiger partial charge on any atom is -0.398 e. The van der Waals surface area contributed by atoms with Crippen molar-refractivity contribution in [2.24, 2.45) is 0 Å². The fourth-order valence-electron chi connectivity index (χ4n) is 0.731. The van der Waals surface area contributed by atoms with E-state index in [0.29, 0.717) is 0 Å². The maximum absolute atomic E-state index is 5.60. The van der Waals surface area contributed by atoms with Gasteiger partial charge >= 0.3 is 0 Å². The first-order valence-electron chi connectivity index (χ1n) is 2.96. The smallest absolute Gasteiger partial charge is 0.0387 e. The first-order valence-corrected chi connectivity index (χ1v) is 3.39. The molecule has 10 heavy (non-hydrogen) atoms. The summed E-state index contributed by atoms with van der Waals surface area (Å²) in [6.45, 7) is 0. The van der Waals surface area contributed by atoms with Crippen molar-refractivity contribution in [1.82, 2.24) is 0 Å². The van der Waals surface area contributed by atoms with E-state index in [4.69, 9.17) is 17.3 Å². The van der Waals surface area contributed by atoms with Crippen LogP contribution in [-0.2, 0) is 0 Å². The van der Waals surface area contributed by atoms with Crippen LogP contribution in [0.2, 0.25) is 0 Å². The zero-order chi connectivity index (χ0) is 7.40. The second kappa shape index (κ2) is 3.28. The Kier molecular flexibility index (Phi) is 2.35. The van der Waals surface area contributed by atoms with E-state index in [1.807, 2.05) is 24.3 Å². The number of hydrogen-bond donors (Lipinski definition) is 1. The monoisotopic (exact) mass is 153 g/mol. The summed E-state index contributed by atoms with van der Waals surface area (Å²) >= 11 is 5.37. The van der Waals surface area contributed by atoms with E-state index in [2.05, 4.69) is 0 Å². The van der Waals surface area contributed by atoms with Gasteiger partial charge in [-0.1, -0.05) is 29.8 Å². The number of benzene rings is 1. The van der Waals surface area contributed by atoms with Crippen molar-refractivity contribution in [1.29, 1.82) is 0 Å². The van der Waals surface area contributed by atoms with Crippen molar-refractivity contribution < 1.29 is 0 Å². The van der Waals surface area contributed by atoms with Crippen LogP contribution < -0.4 is 5.73 Å². The van der Waals surface area contributed by atoms with Crippen LogP contribution in [0.4, 0.5) is 5.69 Å². The summed E-state index contributed by atoms with van der Waals surface area (Å²) in [6.07, 6.45) is 1.76. The maximum atomic E-state index is 5.60. The van der Waals surface area contributed by atoms with Gasteiger partial charge in [0.15, 0.2) is 0 Å². The highest BCUT2D eigenvalue weighted by atomic mass is 35.5. The summed E-state index contributed by atoms with van der Waals surface area (Å²) in [6, 6.07) is 7.56. The zero-order valence-electron chi connectivity index (χ0n) is 5.42. The Morgan fingerprint density at radius 3 is 2.60 bits per heavy atom. The normalized spacial score (nSPS) is 10.5. The molecule has 52 valence electrons. The quantitative estimate of drug-likeness (QED) is 0.617. The van der Waals surface area contributed by atoms with Crippen molar-refractivity contribution in [2.45, 2.75) is 0 Å². The number of rotatable bonds is 1. The molecule has 0 saturated heterocycles. The Balaban J connectivity index is 3.03. The summed E-state index contributed by atoms with van der Waals surface area (Å²) in [5, 5.41) is 0. The Morgan fingerprint density at radius 1 is 1.30 bits per heavy atom. The lowest BCUT2D eigenvalue weighted by Gasteiger charge is -1.95. The molecular formula is C8H8ClN. The van der Waals surface area contributed by atoms with E-state index in [0.717, 1.165) is 11.3 Å². The maximum Gasteiger partial charge on any atom is 0.0387 e. The summed E-state index contributed by atoms with van der Waals surface area (Å²) in [7, 11) is 0. The van der Waals surface area contributed by atoms with Gasteiger partial charge in [-0.15, -0.1) is 0 Å². The van der Waals surface area contributed by atoms with Gasteiger partial charge in [0.05, 0.1) is 0 Å². The van der Waals surface area contributed by atoms with Gasteiger partial charge in [0.1, 0.15) is 0 Å². The summed E-state index contributed by atoms with van der Waals surface area (Å²) in [5.41, 5.74) is 8.75. The molecule has 0 heterocycles. The number of para-hydroxylation sites is 1. The molecule has 0 saturated carbocycles. The summed E-state index contributed by atoms with van der Waals surface area (Å²) < 4.78 is 0. The lowest BCUT2D eigenvalue weighted by molar-refractivity contribution is 1.64. The molecule has 0 amide bonds. The number of nitrogens with two attached hydrogens (primary N) is 1. The molecular weight excluding hydrogens is 146 g/mol. The van der Waals surface area contributed by atoms with Crippen molar-refractivity contribution in [3.8, 4) is 0 Å². The molecule has 0 radical (unpaired) electrons. The molecule has 1 rings (SSSR count). The van der Waals surface area contributed by atoms with Gasteiger partial charge in [0.2, 0.25) is 0 Å². The van der Waals surface area contributed by atoms with Gasteiger partial charge in [0, 0.05) is 11.2 Å². The van der Waals surface area contributed by atoms with Crippen LogP contribution in [0.5, 0.6) is 0 Å². The van der Waals surface area contributed by atoms with Crippen molar-refractivity contribution >= 4 is 23.4 Å². The molecule has 0 bridgehead atoms. The van der Waals surface area contributed by atoms with E-state index in [1.165, 1.54) is 5.54 Å². The van der Waals surface area contributed by atoms with Gasteiger partial charge in [0.25, 0.3) is 0 Å². The van der Waals surface area contributed by atoms with Crippen molar-refractivity contribution in [3.63, 3.8) is 0 Å². The highest BCUT2D eigenvalue weighted by molar-refractivity contribution is 6.27. The number of nitrogen functional groups attached to an aromatic ring is 1. The van der Waals surface area contributed by atoms with Gasteiger partial charge in [-0.3, -0.25) is 0 Å². The first kappa shape index (κ1) is 7.16. The molecule has 1 nitrogen and oxygen atoms in total. The van der Waals surface area contributed by atoms with E-state index in [9.17, 15) is 0 Å². The Hall–Kier alpha value is -0.950. The van der Waals surface area contributed by atoms with Gasteiger partial charge in [-0.2, -0.15) is 0 Å². The predicted molar refractivity (Wildman–Crippen MR) is 45.7 cm³/mol. The highest BCUT2D eigenvalue weighted by Gasteiger charge is 1.88. The van der Waals surface area contributed by atoms with Crippen LogP contribution in [0.15, 0.2) is 29.8 Å². The third kappa shape index (κ3) is 1.52. The van der Waals surface area contributed by atoms with Crippen LogP contribution >= 0.6 is 11.6 Å². The zero-order valence-corrected chi connectivity index (χ0v) is 6.18. The van der Waals surface area contributed by atoms with E-state index >= 15 is 0 Å². The molecule has 0 unspecified atom stereocenters. The molecule has 2 N–H and O–H groups in total. The van der Waals surface area contributed by atoms with E-state index < -0.39 is 0 Å². The molecule has 1 aromatic rings. The standard InChI is InChI=1S/C8H8ClN/c9-6-5-7-3-1-2-4-8(7)10/h1-6H,10H2. The molecule has 0 aliphatic rings. The Labute approximate surface area is 65.1 Å². The SMILES string of the molecule is Nc1ccccc1C=CCl. The van der Waals surface area contributed by atoms with Gasteiger partial charge < -0.3 is 5.73 Å². The molecule has 0 aliphatic heterocycles. The van der Waals surface area contributed by atoms with Gasteiger partial charge in [-0.25, -0.2) is 0 Å². The number of hydrogen-bond acceptors (Lipinski definition) is 1. The first-order chi connectivity index (χ1) is 4.84. The molecule has 0 aromatic heterocycles. The average molecular weight is 154 g/mol. The highest BCUT2D eigenvalue weighted by Crippen LogP contribution is 2.11. The van der Waals surface area contributed by atoms with E-state index in [1.54, 1.807) is 6.08 Å². The summed E-state index contributed by atoms with van der Waals surface area (Å²) in [5.74, 6) is 0. The van der Waals surface area contributed by atoms with Crippen LogP contribution in [-0.4, -0.2) is 0 Å². The third-order valence-electron chi connectivity index (χ3n) is 1.24. The Morgan fingerprint density at radius 2 is 2.00 bits per heavy atom. The largest absolute Gasteiger partial charge is 0.398 e. The minimum absolute atomic E-state index is 0.749. The van der Waals surface area contributed by atoms with E-state index in [-0.39, 0.29) is 0 Å². The summed E-state index contributed by atoms with van der Waals surface area (Å²) in [4.78, 5) is 0. The van der Waals surface area contributed by atoms with Crippen LogP contribution in [0.3, 0.4) is 0 Å². The van der Waals surface area contributed by atoms with Gasteiger partial charge in [-0.05, 0) is 17.7 Å². The fraction of sp³-hybridized carbons (Fsp3) is 0. The molecule has 1 aromatic carbocycles. The second-order valence-electron chi connectivity index (χ2n) is 1.92. The minimum atomic E-state index is 0.749. The number of halogens is 1. The molecule has 0 aliphatic carbocycles. The van der Waals surface area contributed by atoms with Crippen LogP contribution in [0.1, 0.15) is 5.56 Å². The van der Waals surface area contributed by atoms with Crippen LogP contribution in [0, 0.1) is 0 Å². The fourth-order valence-corrected chi connectivity index (χ4v) is 0.866. The molecule has 0 spiro atoms. The lowest BCUT2D eigenvalue weighted by Crippen LogP contribution is -1.86. The topological polar surface area (TPSA) is 26.0 Å². The molecule has 0 fully saturated rings. The number of anilines is 1. The second-order valence-corrected chi connectivity index (χ2v) is 2.17. The van der Waals surface area contributed by atoms with Crippen molar-refractivity contribution in [2.75, 3.05) is 5.73 Å². The molecule has 2 heteroatoms. The Bertz CT molecular complexity index is 243. The predicted octanol–water partition coefficient (Wildman–Crippen LogP) is 2.48. The molecule has 0 atom stereocenters. The van der Waals surface area contributed by atoms with Crippen molar-refractivity contribution in [3.05, 3.63) is 35.4 Å².